The molecule has 0 aliphatic carbocycles. The van der Waals surface area contributed by atoms with E-state index < -0.39 is 5.60 Å². The molecule has 1 amide bonds. The molecule has 0 bridgehead atoms. The minimum absolute atomic E-state index is 0. The Hall–Kier alpha value is -2.21. The molecule has 0 radical (unpaired) electrons. The van der Waals surface area contributed by atoms with Crippen LogP contribution in [0.15, 0.2) is 54.6 Å². The van der Waals surface area contributed by atoms with Gasteiger partial charge in [0.25, 0.3) is 5.91 Å². The molecule has 2 N–H and O–H groups in total. The number of rotatable bonds is 5. The number of methoxy groups -OCH3 is 1. The number of nitrogens with one attached hydrogen (secondary N) is 2. The van der Waals surface area contributed by atoms with Crippen LogP contribution in [0.1, 0.15) is 28.8 Å². The number of carbonyl (C=O) groups is 2. The summed E-state index contributed by atoms with van der Waals surface area (Å²) in [5, 5.41) is 6.14. The van der Waals surface area contributed by atoms with Gasteiger partial charge in [-0.2, -0.15) is 0 Å². The number of halogens is 1. The van der Waals surface area contributed by atoms with Gasteiger partial charge < -0.3 is 15.4 Å². The van der Waals surface area contributed by atoms with Crippen LogP contribution < -0.4 is 10.6 Å². The van der Waals surface area contributed by atoms with Crippen molar-refractivity contribution in [1.29, 1.82) is 0 Å². The average molecular weight is 375 g/mol. The summed E-state index contributed by atoms with van der Waals surface area (Å²) in [5.74, 6) is -0.235. The van der Waals surface area contributed by atoms with Crippen molar-refractivity contribution in [2.24, 2.45) is 0 Å². The monoisotopic (exact) mass is 374 g/mol. The molecular weight excluding hydrogens is 352 g/mol. The Labute approximate surface area is 159 Å². The van der Waals surface area contributed by atoms with Crippen molar-refractivity contribution in [3.8, 4) is 0 Å². The van der Waals surface area contributed by atoms with Crippen LogP contribution in [0.3, 0.4) is 0 Å². The lowest BCUT2D eigenvalue weighted by atomic mass is 9.91. The van der Waals surface area contributed by atoms with Crippen molar-refractivity contribution in [2.75, 3.05) is 25.5 Å². The van der Waals surface area contributed by atoms with Gasteiger partial charge in [-0.25, -0.2) is 0 Å². The highest BCUT2D eigenvalue weighted by Crippen LogP contribution is 2.25. The van der Waals surface area contributed by atoms with E-state index in [4.69, 9.17) is 4.74 Å². The summed E-state index contributed by atoms with van der Waals surface area (Å²) in [5.41, 5.74) is 0.949. The second-order valence-corrected chi connectivity index (χ2v) is 6.18. The average Bonchev–Trinajstić information content (AvgIpc) is 2.68. The third kappa shape index (κ3) is 4.30. The zero-order valence-electron chi connectivity index (χ0n) is 14.7. The van der Waals surface area contributed by atoms with Crippen LogP contribution in [0.4, 0.5) is 5.69 Å². The van der Waals surface area contributed by atoms with E-state index in [1.165, 1.54) is 0 Å². The van der Waals surface area contributed by atoms with Crippen LogP contribution in [0.25, 0.3) is 0 Å². The number of carbonyl (C=O) groups excluding carboxylic acids is 2. The van der Waals surface area contributed by atoms with E-state index in [2.05, 4.69) is 10.6 Å². The highest BCUT2D eigenvalue weighted by Gasteiger charge is 2.39. The zero-order valence-corrected chi connectivity index (χ0v) is 15.5. The number of ether oxygens (including phenoxy) is 1. The smallest absolute Gasteiger partial charge is 0.256 e. The van der Waals surface area contributed by atoms with Gasteiger partial charge in [0.15, 0.2) is 5.78 Å². The summed E-state index contributed by atoms with van der Waals surface area (Å²) in [6, 6.07) is 16.1. The molecule has 26 heavy (non-hydrogen) atoms. The van der Waals surface area contributed by atoms with E-state index in [1.807, 2.05) is 18.2 Å². The lowest BCUT2D eigenvalue weighted by Crippen LogP contribution is -2.51. The van der Waals surface area contributed by atoms with Crippen molar-refractivity contribution in [2.45, 2.75) is 18.4 Å². The predicted molar refractivity (Wildman–Crippen MR) is 104 cm³/mol. The van der Waals surface area contributed by atoms with Crippen LogP contribution in [-0.2, 0) is 9.53 Å². The summed E-state index contributed by atoms with van der Waals surface area (Å²) in [6.45, 7) is 1.49. The molecule has 1 aliphatic rings. The Morgan fingerprint density at radius 3 is 2.31 bits per heavy atom. The summed E-state index contributed by atoms with van der Waals surface area (Å²) in [6.07, 6.45) is 1.25. The fourth-order valence-corrected chi connectivity index (χ4v) is 3.09. The summed E-state index contributed by atoms with van der Waals surface area (Å²) >= 11 is 0. The summed E-state index contributed by atoms with van der Waals surface area (Å²) in [7, 11) is 1.57. The van der Waals surface area contributed by atoms with Gasteiger partial charge in [-0.3, -0.25) is 9.59 Å². The summed E-state index contributed by atoms with van der Waals surface area (Å²) in [4.78, 5) is 25.3. The predicted octanol–water partition coefficient (Wildman–Crippen LogP) is 3.05. The number of hydrogen-bond donors (Lipinski definition) is 2. The maximum absolute atomic E-state index is 12.7. The second kappa shape index (κ2) is 8.94. The Bertz CT molecular complexity index is 759. The molecule has 0 atom stereocenters. The molecule has 1 aliphatic heterocycles. The molecular formula is C20H23ClN2O3. The largest absolute Gasteiger partial charge is 0.368 e. The second-order valence-electron chi connectivity index (χ2n) is 6.18. The van der Waals surface area contributed by atoms with Crippen LogP contribution in [-0.4, -0.2) is 37.5 Å². The van der Waals surface area contributed by atoms with E-state index in [0.29, 0.717) is 29.7 Å². The van der Waals surface area contributed by atoms with Crippen molar-refractivity contribution < 1.29 is 14.3 Å². The standard InChI is InChI=1S/C20H22N2O3.ClH/c1-25-20(10-12-21-13-11-20)19(24)22-17-9-5-8-16(14-17)18(23)15-6-3-2-4-7-15;/h2-9,14,21H,10-13H2,1H3,(H,22,24);1H. The van der Waals surface area contributed by atoms with Crippen molar-refractivity contribution >= 4 is 29.8 Å². The van der Waals surface area contributed by atoms with Gasteiger partial charge in [0.1, 0.15) is 5.60 Å². The molecule has 0 aromatic heterocycles. The van der Waals surface area contributed by atoms with Gasteiger partial charge in [-0.05, 0) is 38.1 Å². The first-order valence-corrected chi connectivity index (χ1v) is 8.42. The number of ketones is 1. The minimum atomic E-state index is -0.815. The number of anilines is 1. The number of amides is 1. The first kappa shape index (κ1) is 20.1. The first-order chi connectivity index (χ1) is 12.1. The van der Waals surface area contributed by atoms with E-state index >= 15 is 0 Å². The van der Waals surface area contributed by atoms with E-state index in [-0.39, 0.29) is 24.1 Å². The Morgan fingerprint density at radius 1 is 1.00 bits per heavy atom. The molecule has 5 nitrogen and oxygen atoms in total. The Morgan fingerprint density at radius 2 is 1.65 bits per heavy atom. The fraction of sp³-hybridized carbons (Fsp3) is 0.300. The molecule has 3 rings (SSSR count). The maximum Gasteiger partial charge on any atom is 0.256 e. The third-order valence-electron chi connectivity index (χ3n) is 4.63. The lowest BCUT2D eigenvalue weighted by Gasteiger charge is -2.34. The molecule has 0 unspecified atom stereocenters. The van der Waals surface area contributed by atoms with Crippen LogP contribution in [0.5, 0.6) is 0 Å². The number of hydrogen-bond acceptors (Lipinski definition) is 4. The zero-order chi connectivity index (χ0) is 17.7. The Kier molecular flexibility index (Phi) is 6.91. The molecule has 1 fully saturated rings. The Balaban J connectivity index is 0.00000243. The molecule has 0 saturated carbocycles. The molecule has 6 heteroatoms. The lowest BCUT2D eigenvalue weighted by molar-refractivity contribution is -0.140. The third-order valence-corrected chi connectivity index (χ3v) is 4.63. The molecule has 0 spiro atoms. The first-order valence-electron chi connectivity index (χ1n) is 8.42. The minimum Gasteiger partial charge on any atom is -0.368 e. The SMILES string of the molecule is COC1(C(=O)Nc2cccc(C(=O)c3ccccc3)c2)CCNCC1.Cl. The molecule has 2 aromatic rings. The molecule has 1 saturated heterocycles. The van der Waals surface area contributed by atoms with Crippen molar-refractivity contribution in [1.82, 2.24) is 5.32 Å². The fourth-order valence-electron chi connectivity index (χ4n) is 3.09. The van der Waals surface area contributed by atoms with E-state index in [1.54, 1.807) is 43.5 Å². The van der Waals surface area contributed by atoms with Gasteiger partial charge >= 0.3 is 0 Å². The van der Waals surface area contributed by atoms with Crippen LogP contribution in [0.2, 0.25) is 0 Å². The van der Waals surface area contributed by atoms with E-state index in [9.17, 15) is 9.59 Å². The van der Waals surface area contributed by atoms with Gasteiger partial charge in [0, 0.05) is 23.9 Å². The number of benzene rings is 2. The molecule has 1 heterocycles. The van der Waals surface area contributed by atoms with Crippen LogP contribution >= 0.6 is 12.4 Å². The quantitative estimate of drug-likeness (QED) is 0.789. The topological polar surface area (TPSA) is 67.4 Å². The number of piperidine rings is 1. The van der Waals surface area contributed by atoms with Gasteiger partial charge in [-0.15, -0.1) is 12.4 Å². The van der Waals surface area contributed by atoms with Crippen LogP contribution in [0, 0.1) is 0 Å². The molecule has 138 valence electrons. The van der Waals surface area contributed by atoms with Gasteiger partial charge in [0.2, 0.25) is 0 Å². The van der Waals surface area contributed by atoms with Gasteiger partial charge in [0.05, 0.1) is 0 Å². The summed E-state index contributed by atoms with van der Waals surface area (Å²) < 4.78 is 5.54. The van der Waals surface area contributed by atoms with Crippen molar-refractivity contribution in [3.05, 3.63) is 65.7 Å². The normalized spacial score (nSPS) is 15.6. The molecule has 2 aromatic carbocycles. The maximum atomic E-state index is 12.7. The van der Waals surface area contributed by atoms with Crippen molar-refractivity contribution in [3.63, 3.8) is 0 Å². The highest BCUT2D eigenvalue weighted by molar-refractivity contribution is 6.09. The van der Waals surface area contributed by atoms with Gasteiger partial charge in [-0.1, -0.05) is 42.5 Å². The highest BCUT2D eigenvalue weighted by atomic mass is 35.5. The van der Waals surface area contributed by atoms with E-state index in [0.717, 1.165) is 13.1 Å².